The van der Waals surface area contributed by atoms with Crippen molar-refractivity contribution in [2.24, 2.45) is 15.7 Å². The summed E-state index contributed by atoms with van der Waals surface area (Å²) >= 11 is 3.25. The highest BCUT2D eigenvalue weighted by atomic mass is 32.2. The summed E-state index contributed by atoms with van der Waals surface area (Å²) in [5.41, 5.74) is 10.0. The Kier molecular flexibility index (Phi) is 4.31. The molecule has 0 radical (unpaired) electrons. The number of allylic oxidation sites excluding steroid dienone is 1. The highest BCUT2D eigenvalue weighted by Gasteiger charge is 2.65. The van der Waals surface area contributed by atoms with Gasteiger partial charge in [-0.2, -0.15) is 0 Å². The molecular weight excluding hydrogens is 512 g/mol. The van der Waals surface area contributed by atoms with Crippen molar-refractivity contribution in [1.29, 1.82) is 0 Å². The zero-order valence-corrected chi connectivity index (χ0v) is 21.5. The van der Waals surface area contributed by atoms with Crippen LogP contribution in [0.5, 0.6) is 5.75 Å². The summed E-state index contributed by atoms with van der Waals surface area (Å²) in [4.78, 5) is 39.1. The third-order valence-electron chi connectivity index (χ3n) is 8.84. The Balaban J connectivity index is 1.37. The van der Waals surface area contributed by atoms with Gasteiger partial charge in [-0.05, 0) is 24.5 Å². The molecule has 1 saturated heterocycles. The van der Waals surface area contributed by atoms with Crippen molar-refractivity contribution in [3.8, 4) is 5.75 Å². The molecule has 1 aromatic carbocycles. The molecule has 6 aliphatic heterocycles. The molecule has 10 nitrogen and oxygen atoms in total. The van der Waals surface area contributed by atoms with Crippen LogP contribution in [-0.4, -0.2) is 66.0 Å². The molecule has 1 spiro atoms. The van der Waals surface area contributed by atoms with E-state index >= 15 is 0 Å². The number of phenolic OH excluding ortho intramolecular Hbond substituents is 1. The van der Waals surface area contributed by atoms with E-state index in [0.29, 0.717) is 24.3 Å². The Morgan fingerprint density at radius 3 is 3.16 bits per heavy atom. The number of nitrogens with zero attached hydrogens (tertiary/aromatic N) is 3. The van der Waals surface area contributed by atoms with Gasteiger partial charge in [0, 0.05) is 40.3 Å². The summed E-state index contributed by atoms with van der Waals surface area (Å²) in [6.07, 6.45) is 5.35. The fraction of sp³-hybridized carbons (Fsp3) is 0.440. The van der Waals surface area contributed by atoms with Crippen LogP contribution in [0.15, 0.2) is 31.7 Å². The lowest BCUT2D eigenvalue weighted by Crippen LogP contribution is -3.06. The molecule has 1 aliphatic carbocycles. The van der Waals surface area contributed by atoms with Crippen molar-refractivity contribution in [1.82, 2.24) is 5.32 Å². The fourth-order valence-corrected chi connectivity index (χ4v) is 10.5. The molecule has 6 atom stereocenters. The second kappa shape index (κ2) is 7.19. The van der Waals surface area contributed by atoms with Gasteiger partial charge in [0.05, 0.1) is 30.0 Å². The molecule has 0 amide bonds. The molecule has 1 aromatic rings. The standard InChI is InChI=1S/C25H24N6O4S2/c1-30-8-28-23(11(30)4-10(26)24(34)35)37-22-19-12(32)5-13-25(22)6-14(36-13)29-18-16(25)20-15-9(2-3-31(19)20)7-27-17(15)21(18)33/h5,7,10,14,19,22,28,33H,2-4,6,8,26H2,1H3,(H,34,35)/t10-,14+,19-,22+,25-/m0/s1. The minimum atomic E-state index is -1.28. The number of carbonyl (C=O) groups excluding carboxylic acids is 2. The number of fused-ring (bicyclic) bond motifs is 3. The largest absolute Gasteiger partial charge is 0.548 e. The normalized spacial score (nSPS) is 34.0. The van der Waals surface area contributed by atoms with Crippen molar-refractivity contribution >= 4 is 58.4 Å². The van der Waals surface area contributed by atoms with Crippen LogP contribution in [0.4, 0.5) is 11.4 Å². The van der Waals surface area contributed by atoms with Crippen LogP contribution in [0.2, 0.25) is 0 Å². The number of nitrogens with two attached hydrogens (primary N) is 1. The van der Waals surface area contributed by atoms with Gasteiger partial charge in [0.1, 0.15) is 33.2 Å². The van der Waals surface area contributed by atoms with Gasteiger partial charge in [-0.15, -0.1) is 11.8 Å². The van der Waals surface area contributed by atoms with Crippen molar-refractivity contribution < 1.29 is 24.7 Å². The van der Waals surface area contributed by atoms with E-state index in [4.69, 9.17) is 10.7 Å². The summed E-state index contributed by atoms with van der Waals surface area (Å²) in [6, 6.07) is -1.48. The lowest BCUT2D eigenvalue weighted by molar-refractivity contribution is -0.836. The quantitative estimate of drug-likeness (QED) is 0.320. The Morgan fingerprint density at radius 1 is 1.51 bits per heavy atom. The highest BCUT2D eigenvalue weighted by molar-refractivity contribution is 8.05. The first-order chi connectivity index (χ1) is 17.8. The van der Waals surface area contributed by atoms with Gasteiger partial charge in [-0.3, -0.25) is 19.7 Å². The Hall–Kier alpha value is -2.80. The van der Waals surface area contributed by atoms with Crippen LogP contribution in [-0.2, 0) is 15.0 Å². The summed E-state index contributed by atoms with van der Waals surface area (Å²) in [7, 11) is 1.98. The number of rotatable bonds is 5. The molecule has 0 saturated carbocycles. The average molecular weight is 537 g/mol. The number of anilines is 1. The van der Waals surface area contributed by atoms with E-state index in [1.54, 1.807) is 23.5 Å². The average Bonchev–Trinajstić information content (AvgIpc) is 3.52. The maximum atomic E-state index is 13.8. The molecule has 12 heteroatoms. The molecule has 8 rings (SSSR count). The van der Waals surface area contributed by atoms with E-state index in [1.807, 2.05) is 19.3 Å². The lowest BCUT2D eigenvalue weighted by Gasteiger charge is -2.55. The highest BCUT2D eigenvalue weighted by Crippen LogP contribution is 2.65. The number of carboxylic acids is 1. The number of phenols is 1. The SMILES string of the molecule is C[NH+]1CNC(S[C@@H]2[C@@H]3C(=O)C=C4S[C@@H]5C[C@@]42c2c4c6c(c(O)c2=N5)N=CC=6CCN43)=C1C[C@H](N)C(=O)[O-]. The van der Waals surface area contributed by atoms with E-state index in [2.05, 4.69) is 15.2 Å². The van der Waals surface area contributed by atoms with Crippen molar-refractivity contribution in [3.05, 3.63) is 37.8 Å². The number of quaternary nitrogens is 1. The molecule has 1 unspecified atom stereocenters. The van der Waals surface area contributed by atoms with Crippen LogP contribution in [0.25, 0.3) is 5.57 Å². The van der Waals surface area contributed by atoms with E-state index in [0.717, 1.165) is 55.4 Å². The Labute approximate surface area is 220 Å². The second-order valence-electron chi connectivity index (χ2n) is 10.7. The maximum Gasteiger partial charge on any atom is 0.180 e. The van der Waals surface area contributed by atoms with Gasteiger partial charge in [-0.1, -0.05) is 11.8 Å². The molecule has 1 fully saturated rings. The predicted molar refractivity (Wildman–Crippen MR) is 138 cm³/mol. The van der Waals surface area contributed by atoms with Crippen molar-refractivity contribution in [2.45, 2.75) is 47.4 Å². The number of carboxylic acid groups (broad SMARTS) is 1. The molecule has 37 heavy (non-hydrogen) atoms. The summed E-state index contributed by atoms with van der Waals surface area (Å²) in [5, 5.41) is 28.5. The number of nitrogens with one attached hydrogen (secondary N) is 2. The van der Waals surface area contributed by atoms with Crippen LogP contribution in [0.3, 0.4) is 0 Å². The minimum absolute atomic E-state index is 0.0849. The van der Waals surface area contributed by atoms with E-state index in [-0.39, 0.29) is 34.6 Å². The number of thioether (sulfide) groups is 2. The number of ketones is 1. The topological polar surface area (TPSA) is 148 Å². The summed E-state index contributed by atoms with van der Waals surface area (Å²) < 4.78 is 0. The van der Waals surface area contributed by atoms with E-state index in [1.165, 1.54) is 0 Å². The smallest absolute Gasteiger partial charge is 0.180 e. The summed E-state index contributed by atoms with van der Waals surface area (Å²) in [5.74, 6) is -1.06. The van der Waals surface area contributed by atoms with Gasteiger partial charge in [0.15, 0.2) is 18.2 Å². The maximum absolute atomic E-state index is 13.8. The third-order valence-corrected chi connectivity index (χ3v) is 11.7. The first-order valence-corrected chi connectivity index (χ1v) is 14.2. The van der Waals surface area contributed by atoms with Crippen LogP contribution in [0, 0.1) is 0 Å². The second-order valence-corrected chi connectivity index (χ2v) is 13.1. The van der Waals surface area contributed by atoms with Crippen molar-refractivity contribution in [2.75, 3.05) is 25.2 Å². The van der Waals surface area contributed by atoms with Crippen LogP contribution < -0.4 is 36.5 Å². The molecule has 190 valence electrons. The monoisotopic (exact) mass is 536 g/mol. The fourth-order valence-electron chi connectivity index (χ4n) is 7.21. The molecular formula is C25H24N6O4S2. The van der Waals surface area contributed by atoms with Gasteiger partial charge in [0.2, 0.25) is 0 Å². The number of aliphatic imine (C=N–C) groups is 1. The number of hydrogen-bond acceptors (Lipinski definition) is 11. The minimum Gasteiger partial charge on any atom is -0.548 e. The molecule has 5 N–H and O–H groups in total. The zero-order chi connectivity index (χ0) is 25.4. The predicted octanol–water partition coefficient (Wildman–Crippen LogP) is -2.53. The van der Waals surface area contributed by atoms with E-state index in [9.17, 15) is 19.8 Å². The van der Waals surface area contributed by atoms with Crippen LogP contribution >= 0.6 is 23.5 Å². The first kappa shape index (κ1) is 22.2. The summed E-state index contributed by atoms with van der Waals surface area (Å²) in [6.45, 7) is 1.30. The molecule has 3 bridgehead atoms. The molecule has 6 heterocycles. The van der Waals surface area contributed by atoms with Gasteiger partial charge >= 0.3 is 0 Å². The number of aliphatic carboxylic acids is 1. The number of carbonyl (C=O) groups is 2. The van der Waals surface area contributed by atoms with E-state index < -0.39 is 17.4 Å². The zero-order valence-electron chi connectivity index (χ0n) is 19.9. The Bertz CT molecular complexity index is 1580. The number of hydrogen-bond donors (Lipinski definition) is 4. The van der Waals surface area contributed by atoms with Gasteiger partial charge in [0.25, 0.3) is 0 Å². The number of benzene rings is 1. The Morgan fingerprint density at radius 2 is 2.35 bits per heavy atom. The molecule has 7 aliphatic rings. The first-order valence-electron chi connectivity index (χ1n) is 12.5. The molecule has 0 aromatic heterocycles. The van der Waals surface area contributed by atoms with Crippen LogP contribution in [0.1, 0.15) is 24.8 Å². The number of aromatic hydroxyl groups is 1. The van der Waals surface area contributed by atoms with Gasteiger partial charge < -0.3 is 31.0 Å². The van der Waals surface area contributed by atoms with Gasteiger partial charge in [-0.25, -0.2) is 0 Å². The lowest BCUT2D eigenvalue weighted by atomic mass is 9.63. The van der Waals surface area contributed by atoms with Crippen molar-refractivity contribution in [3.63, 3.8) is 0 Å². The third kappa shape index (κ3) is 2.61.